The summed E-state index contributed by atoms with van der Waals surface area (Å²) in [5.41, 5.74) is 6.86. The molecule has 0 bridgehead atoms. The van der Waals surface area contributed by atoms with E-state index in [-0.39, 0.29) is 5.54 Å². The van der Waals surface area contributed by atoms with Gasteiger partial charge in [0.25, 0.3) is 0 Å². The van der Waals surface area contributed by atoms with Gasteiger partial charge >= 0.3 is 0 Å². The number of ether oxygens (including phenoxy) is 1. The Hall–Kier alpha value is -2.98. The maximum Gasteiger partial charge on any atom is 0.120 e. The van der Waals surface area contributed by atoms with E-state index in [2.05, 4.69) is 80.9 Å². The molecule has 0 aromatic heterocycles. The first kappa shape index (κ1) is 28.6. The Balaban J connectivity index is 0.000000284. The van der Waals surface area contributed by atoms with Gasteiger partial charge in [-0.2, -0.15) is 0 Å². The van der Waals surface area contributed by atoms with Crippen molar-refractivity contribution >= 4 is 5.69 Å². The van der Waals surface area contributed by atoms with Gasteiger partial charge in [0.2, 0.25) is 0 Å². The Morgan fingerprint density at radius 3 is 2.16 bits per heavy atom. The topological polar surface area (TPSA) is 35.9 Å². The fraction of sp³-hybridized carbons (Fsp3) is 0.455. The van der Waals surface area contributed by atoms with Crippen LogP contribution in [0.5, 0.6) is 11.5 Å². The molecule has 3 aromatic rings. The number of anilines is 1. The van der Waals surface area contributed by atoms with E-state index in [1.54, 1.807) is 13.2 Å². The summed E-state index contributed by atoms with van der Waals surface area (Å²) in [5.74, 6) is 1.31. The van der Waals surface area contributed by atoms with Crippen LogP contribution in [0.2, 0.25) is 0 Å². The van der Waals surface area contributed by atoms with Crippen LogP contribution < -0.4 is 9.64 Å². The molecule has 4 nitrogen and oxygen atoms in total. The number of aryl methyl sites for hydroxylation is 2. The fourth-order valence-electron chi connectivity index (χ4n) is 4.96. The van der Waals surface area contributed by atoms with Crippen molar-refractivity contribution in [3.8, 4) is 11.5 Å². The molecule has 37 heavy (non-hydrogen) atoms. The van der Waals surface area contributed by atoms with Crippen molar-refractivity contribution in [2.45, 2.75) is 71.9 Å². The number of phenolic OH excluding ortho intramolecular Hbond substituents is 1. The van der Waals surface area contributed by atoms with Gasteiger partial charge in [-0.1, -0.05) is 43.3 Å². The van der Waals surface area contributed by atoms with E-state index < -0.39 is 0 Å². The standard InChI is InChI=1S/C23H34N2O.C10H12O/c1-7-24(5)23(3,4)17-19-12-14-20(15-13-19)18-25(8-2)21-10-9-11-22(16-21)26-6;11-10-6-5-8-3-1-2-4-9(8)7-10/h9-16H,7-8,17-18H2,1-6H3;5-7,11H,1-4H2. The molecule has 0 radical (unpaired) electrons. The molecule has 4 heteroatoms. The predicted octanol–water partition coefficient (Wildman–Crippen LogP) is 7.27. The number of fused-ring (bicyclic) bond motifs is 1. The lowest BCUT2D eigenvalue weighted by Crippen LogP contribution is -2.42. The highest BCUT2D eigenvalue weighted by Gasteiger charge is 2.22. The highest BCUT2D eigenvalue weighted by Crippen LogP contribution is 2.25. The van der Waals surface area contributed by atoms with Crippen molar-refractivity contribution in [3.05, 3.63) is 89.0 Å². The van der Waals surface area contributed by atoms with Gasteiger partial charge < -0.3 is 19.6 Å². The van der Waals surface area contributed by atoms with Crippen molar-refractivity contribution < 1.29 is 9.84 Å². The molecular formula is C33H46N2O2. The largest absolute Gasteiger partial charge is 0.508 e. The molecule has 0 amide bonds. The summed E-state index contributed by atoms with van der Waals surface area (Å²) in [7, 11) is 3.91. The predicted molar refractivity (Wildman–Crippen MR) is 157 cm³/mol. The maximum atomic E-state index is 9.19. The molecule has 0 saturated heterocycles. The van der Waals surface area contributed by atoms with E-state index >= 15 is 0 Å². The lowest BCUT2D eigenvalue weighted by Gasteiger charge is -2.35. The van der Waals surface area contributed by atoms with Crippen LogP contribution in [-0.4, -0.2) is 42.8 Å². The zero-order valence-electron chi connectivity index (χ0n) is 23.8. The van der Waals surface area contributed by atoms with Gasteiger partial charge in [0.05, 0.1) is 7.11 Å². The lowest BCUT2D eigenvalue weighted by molar-refractivity contribution is 0.164. The summed E-state index contributed by atoms with van der Waals surface area (Å²) in [4.78, 5) is 4.77. The van der Waals surface area contributed by atoms with E-state index in [0.29, 0.717) is 5.75 Å². The second kappa shape index (κ2) is 13.5. The van der Waals surface area contributed by atoms with Crippen molar-refractivity contribution in [1.82, 2.24) is 4.90 Å². The highest BCUT2D eigenvalue weighted by molar-refractivity contribution is 5.51. The third-order valence-electron chi connectivity index (χ3n) is 7.67. The average Bonchev–Trinajstić information content (AvgIpc) is 2.92. The first-order valence-corrected chi connectivity index (χ1v) is 13.7. The number of rotatable bonds is 9. The number of aromatic hydroxyl groups is 1. The van der Waals surface area contributed by atoms with Gasteiger partial charge in [-0.05, 0) is 113 Å². The van der Waals surface area contributed by atoms with E-state index in [9.17, 15) is 5.11 Å². The van der Waals surface area contributed by atoms with E-state index in [0.717, 1.165) is 38.2 Å². The zero-order chi connectivity index (χ0) is 26.8. The summed E-state index contributed by atoms with van der Waals surface area (Å²) in [6.07, 6.45) is 5.97. The molecule has 0 unspecified atom stereocenters. The van der Waals surface area contributed by atoms with Gasteiger partial charge in [0.15, 0.2) is 0 Å². The normalized spacial score (nSPS) is 12.9. The van der Waals surface area contributed by atoms with Crippen LogP contribution in [0.1, 0.15) is 62.8 Å². The molecule has 3 aromatic carbocycles. The summed E-state index contributed by atoms with van der Waals surface area (Å²) < 4.78 is 5.36. The second-order valence-corrected chi connectivity index (χ2v) is 10.7. The Morgan fingerprint density at radius 1 is 0.838 bits per heavy atom. The number of likely N-dealkylation sites (N-methyl/N-ethyl adjacent to an activating group) is 1. The van der Waals surface area contributed by atoms with Crippen molar-refractivity contribution in [2.24, 2.45) is 0 Å². The molecule has 0 fully saturated rings. The van der Waals surface area contributed by atoms with Crippen LogP contribution >= 0.6 is 0 Å². The van der Waals surface area contributed by atoms with Crippen LogP contribution in [0.4, 0.5) is 5.69 Å². The number of methoxy groups -OCH3 is 1. The monoisotopic (exact) mass is 502 g/mol. The molecule has 1 aliphatic rings. The molecule has 0 atom stereocenters. The quantitative estimate of drug-likeness (QED) is 0.334. The van der Waals surface area contributed by atoms with Crippen molar-refractivity contribution in [3.63, 3.8) is 0 Å². The summed E-state index contributed by atoms with van der Waals surface area (Å²) in [5, 5.41) is 9.19. The minimum Gasteiger partial charge on any atom is -0.508 e. The van der Waals surface area contributed by atoms with Crippen molar-refractivity contribution in [2.75, 3.05) is 32.1 Å². The first-order chi connectivity index (χ1) is 17.7. The van der Waals surface area contributed by atoms with Crippen LogP contribution in [0.15, 0.2) is 66.7 Å². The molecule has 1 aliphatic carbocycles. The van der Waals surface area contributed by atoms with Crippen LogP contribution in [0.3, 0.4) is 0 Å². The Morgan fingerprint density at radius 2 is 1.51 bits per heavy atom. The Bertz CT molecular complexity index is 1110. The Labute approximate surface area is 224 Å². The molecule has 0 saturated carbocycles. The highest BCUT2D eigenvalue weighted by atomic mass is 16.5. The fourth-order valence-corrected chi connectivity index (χ4v) is 4.96. The summed E-state index contributed by atoms with van der Waals surface area (Å²) in [6.45, 7) is 12.0. The smallest absolute Gasteiger partial charge is 0.120 e. The average molecular weight is 503 g/mol. The van der Waals surface area contributed by atoms with Crippen LogP contribution in [0, 0.1) is 0 Å². The molecule has 0 aliphatic heterocycles. The Kier molecular flexibility index (Phi) is 10.5. The third-order valence-corrected chi connectivity index (χ3v) is 7.67. The van der Waals surface area contributed by atoms with E-state index in [4.69, 9.17) is 4.74 Å². The van der Waals surface area contributed by atoms with Gasteiger partial charge in [-0.15, -0.1) is 0 Å². The number of benzene rings is 3. The summed E-state index contributed by atoms with van der Waals surface area (Å²) >= 11 is 0. The first-order valence-electron chi connectivity index (χ1n) is 13.7. The number of hydrogen-bond donors (Lipinski definition) is 1. The molecule has 0 spiro atoms. The van der Waals surface area contributed by atoms with Gasteiger partial charge in [0.1, 0.15) is 11.5 Å². The minimum atomic E-state index is 0.173. The molecular weight excluding hydrogens is 456 g/mol. The SMILES string of the molecule is CCN(Cc1ccc(CC(C)(C)N(C)CC)cc1)c1cccc(OC)c1.Oc1ccc2c(c1)CCCC2. The molecule has 1 N–H and O–H groups in total. The third kappa shape index (κ3) is 8.26. The van der Waals surface area contributed by atoms with Gasteiger partial charge in [-0.25, -0.2) is 0 Å². The van der Waals surface area contributed by atoms with Gasteiger partial charge in [-0.3, -0.25) is 0 Å². The molecule has 200 valence electrons. The van der Waals surface area contributed by atoms with E-state index in [1.807, 2.05) is 24.3 Å². The van der Waals surface area contributed by atoms with Crippen molar-refractivity contribution in [1.29, 1.82) is 0 Å². The van der Waals surface area contributed by atoms with E-state index in [1.165, 1.54) is 47.2 Å². The zero-order valence-corrected chi connectivity index (χ0v) is 23.8. The van der Waals surface area contributed by atoms with Crippen LogP contribution in [-0.2, 0) is 25.8 Å². The summed E-state index contributed by atoms with van der Waals surface area (Å²) in [6, 6.07) is 23.1. The van der Waals surface area contributed by atoms with Gasteiger partial charge in [0, 0.05) is 30.4 Å². The molecule has 4 rings (SSSR count). The van der Waals surface area contributed by atoms with Crippen LogP contribution in [0.25, 0.3) is 0 Å². The lowest BCUT2D eigenvalue weighted by atomic mass is 9.92. The number of nitrogens with zero attached hydrogens (tertiary/aromatic N) is 2. The second-order valence-electron chi connectivity index (χ2n) is 10.7. The number of phenols is 1. The minimum absolute atomic E-state index is 0.173. The number of hydrogen-bond acceptors (Lipinski definition) is 4. The maximum absolute atomic E-state index is 9.19. The molecule has 0 heterocycles.